The van der Waals surface area contributed by atoms with Crippen LogP contribution in [0.5, 0.6) is 5.88 Å². The van der Waals surface area contributed by atoms with Gasteiger partial charge in [0.05, 0.1) is 11.7 Å². The highest BCUT2D eigenvalue weighted by Gasteiger charge is 2.29. The maximum Gasteiger partial charge on any atom is 0.331 e. The van der Waals surface area contributed by atoms with Crippen LogP contribution in [0, 0.1) is 0 Å². The summed E-state index contributed by atoms with van der Waals surface area (Å²) >= 11 is 0. The van der Waals surface area contributed by atoms with Gasteiger partial charge >= 0.3 is 5.69 Å². The van der Waals surface area contributed by atoms with Crippen molar-refractivity contribution in [3.05, 3.63) is 26.4 Å². The number of nitrogens with zero attached hydrogens (tertiary/aromatic N) is 1. The van der Waals surface area contributed by atoms with Crippen LogP contribution < -0.4 is 11.2 Å². The van der Waals surface area contributed by atoms with Gasteiger partial charge in [0.2, 0.25) is 5.88 Å². The second-order valence-corrected chi connectivity index (χ2v) is 4.61. The Kier molecular flexibility index (Phi) is 3.56. The van der Waals surface area contributed by atoms with Crippen LogP contribution in [0.3, 0.4) is 0 Å². The van der Waals surface area contributed by atoms with Crippen molar-refractivity contribution in [1.82, 2.24) is 9.55 Å². The largest absolute Gasteiger partial charge is 0.494 e. The fourth-order valence-corrected chi connectivity index (χ4v) is 2.60. The van der Waals surface area contributed by atoms with E-state index in [0.717, 1.165) is 12.8 Å². The van der Waals surface area contributed by atoms with Gasteiger partial charge in [-0.2, -0.15) is 0 Å². The van der Waals surface area contributed by atoms with Gasteiger partial charge < -0.3 is 9.84 Å². The highest BCUT2D eigenvalue weighted by Crippen LogP contribution is 2.33. The minimum absolute atomic E-state index is 0.107. The zero-order valence-electron chi connectivity index (χ0n) is 10.6. The molecule has 1 heterocycles. The Morgan fingerprint density at radius 2 is 2.17 bits per heavy atom. The molecular formula is C12H18N2O4. The molecule has 100 valence electrons. The SMILES string of the molecule is CCc1c(O)n(C2CCC(OC)C2)c(=O)[nH]c1=O. The van der Waals surface area contributed by atoms with Gasteiger partial charge in [0.15, 0.2) is 0 Å². The molecule has 1 aliphatic carbocycles. The second kappa shape index (κ2) is 4.97. The van der Waals surface area contributed by atoms with Crippen molar-refractivity contribution >= 4 is 0 Å². The van der Waals surface area contributed by atoms with Crippen molar-refractivity contribution in [3.8, 4) is 5.88 Å². The Morgan fingerprint density at radius 1 is 1.44 bits per heavy atom. The van der Waals surface area contributed by atoms with Crippen molar-refractivity contribution in [2.75, 3.05) is 7.11 Å². The third-order valence-electron chi connectivity index (χ3n) is 3.62. The van der Waals surface area contributed by atoms with Crippen LogP contribution in [0.1, 0.15) is 37.8 Å². The van der Waals surface area contributed by atoms with Crippen LogP contribution in [0.4, 0.5) is 0 Å². The lowest BCUT2D eigenvalue weighted by Gasteiger charge is -2.16. The molecule has 1 aliphatic rings. The molecule has 0 bridgehead atoms. The first-order valence-electron chi connectivity index (χ1n) is 6.17. The van der Waals surface area contributed by atoms with E-state index < -0.39 is 11.2 Å². The van der Waals surface area contributed by atoms with Crippen molar-refractivity contribution in [3.63, 3.8) is 0 Å². The first-order chi connectivity index (χ1) is 8.58. The summed E-state index contributed by atoms with van der Waals surface area (Å²) in [6, 6.07) is -0.107. The quantitative estimate of drug-likeness (QED) is 0.824. The van der Waals surface area contributed by atoms with Gasteiger partial charge in [-0.1, -0.05) is 6.92 Å². The minimum Gasteiger partial charge on any atom is -0.494 e. The van der Waals surface area contributed by atoms with Crippen molar-refractivity contribution in [2.24, 2.45) is 0 Å². The van der Waals surface area contributed by atoms with E-state index in [1.54, 1.807) is 14.0 Å². The topological polar surface area (TPSA) is 84.3 Å². The molecule has 6 nitrogen and oxygen atoms in total. The van der Waals surface area contributed by atoms with Crippen LogP contribution in [0.2, 0.25) is 0 Å². The number of nitrogens with one attached hydrogen (secondary N) is 1. The highest BCUT2D eigenvalue weighted by molar-refractivity contribution is 5.23. The summed E-state index contributed by atoms with van der Waals surface area (Å²) in [5.74, 6) is -0.201. The summed E-state index contributed by atoms with van der Waals surface area (Å²) in [6.45, 7) is 1.77. The Hall–Kier alpha value is -1.56. The lowest BCUT2D eigenvalue weighted by atomic mass is 10.2. The Bertz CT molecular complexity index is 546. The first kappa shape index (κ1) is 12.9. The molecule has 18 heavy (non-hydrogen) atoms. The molecule has 2 atom stereocenters. The molecule has 0 spiro atoms. The number of aromatic nitrogens is 2. The fourth-order valence-electron chi connectivity index (χ4n) is 2.60. The molecule has 0 aliphatic heterocycles. The Labute approximate surface area is 104 Å². The van der Waals surface area contributed by atoms with E-state index in [1.807, 2.05) is 0 Å². The molecular weight excluding hydrogens is 236 g/mol. The average Bonchev–Trinajstić information content (AvgIpc) is 2.77. The van der Waals surface area contributed by atoms with Gasteiger partial charge in [-0.05, 0) is 25.7 Å². The van der Waals surface area contributed by atoms with E-state index in [-0.39, 0.29) is 23.6 Å². The number of methoxy groups -OCH3 is 1. The van der Waals surface area contributed by atoms with Crippen LogP contribution in [0.15, 0.2) is 9.59 Å². The predicted octanol–water partition coefficient (Wildman–Crippen LogP) is 0.545. The number of aromatic amines is 1. The first-order valence-corrected chi connectivity index (χ1v) is 6.17. The van der Waals surface area contributed by atoms with E-state index in [0.29, 0.717) is 12.8 Å². The molecule has 1 fully saturated rings. The molecule has 0 aromatic carbocycles. The second-order valence-electron chi connectivity index (χ2n) is 4.61. The third kappa shape index (κ3) is 2.08. The lowest BCUT2D eigenvalue weighted by molar-refractivity contribution is 0.105. The number of ether oxygens (including phenoxy) is 1. The lowest BCUT2D eigenvalue weighted by Crippen LogP contribution is -2.34. The van der Waals surface area contributed by atoms with Gasteiger partial charge in [0, 0.05) is 13.2 Å². The smallest absolute Gasteiger partial charge is 0.331 e. The molecule has 2 unspecified atom stereocenters. The van der Waals surface area contributed by atoms with Crippen molar-refractivity contribution in [2.45, 2.75) is 44.8 Å². The van der Waals surface area contributed by atoms with E-state index in [1.165, 1.54) is 4.57 Å². The molecule has 0 saturated heterocycles. The molecule has 0 radical (unpaired) electrons. The minimum atomic E-state index is -0.545. The van der Waals surface area contributed by atoms with Gasteiger partial charge in [-0.25, -0.2) is 4.79 Å². The fraction of sp³-hybridized carbons (Fsp3) is 0.667. The number of hydrogen-bond donors (Lipinski definition) is 2. The van der Waals surface area contributed by atoms with Crippen LogP contribution in [-0.2, 0) is 11.2 Å². The average molecular weight is 254 g/mol. The zero-order chi connectivity index (χ0) is 13.3. The molecule has 2 rings (SSSR count). The molecule has 1 saturated carbocycles. The van der Waals surface area contributed by atoms with Gasteiger partial charge in [-0.3, -0.25) is 14.3 Å². The monoisotopic (exact) mass is 254 g/mol. The van der Waals surface area contributed by atoms with Crippen molar-refractivity contribution < 1.29 is 9.84 Å². The Morgan fingerprint density at radius 3 is 2.72 bits per heavy atom. The van der Waals surface area contributed by atoms with Crippen LogP contribution in [-0.4, -0.2) is 27.9 Å². The standard InChI is InChI=1S/C12H18N2O4/c1-3-9-10(15)13-12(17)14(11(9)16)7-4-5-8(6-7)18-2/h7-8,16H,3-6H2,1-2H3,(H,13,15,17). The highest BCUT2D eigenvalue weighted by atomic mass is 16.5. The van der Waals surface area contributed by atoms with Gasteiger partial charge in [0.25, 0.3) is 5.56 Å². The molecule has 1 aromatic rings. The van der Waals surface area contributed by atoms with Crippen molar-refractivity contribution in [1.29, 1.82) is 0 Å². The van der Waals surface area contributed by atoms with E-state index >= 15 is 0 Å². The molecule has 0 amide bonds. The maximum absolute atomic E-state index is 11.8. The summed E-state index contributed by atoms with van der Waals surface area (Å²) in [6.07, 6.45) is 2.80. The van der Waals surface area contributed by atoms with Crippen LogP contribution in [0.25, 0.3) is 0 Å². The molecule has 6 heteroatoms. The summed E-state index contributed by atoms with van der Waals surface area (Å²) < 4.78 is 6.54. The number of H-pyrrole nitrogens is 1. The third-order valence-corrected chi connectivity index (χ3v) is 3.62. The van der Waals surface area contributed by atoms with Gasteiger partial charge in [0.1, 0.15) is 0 Å². The number of aromatic hydroxyl groups is 1. The van der Waals surface area contributed by atoms with E-state index in [4.69, 9.17) is 4.74 Å². The Balaban J connectivity index is 2.45. The summed E-state index contributed by atoms with van der Waals surface area (Å²) in [5.41, 5.74) is -0.788. The predicted molar refractivity (Wildman–Crippen MR) is 66.1 cm³/mol. The van der Waals surface area contributed by atoms with E-state index in [2.05, 4.69) is 4.98 Å². The summed E-state index contributed by atoms with van der Waals surface area (Å²) in [4.78, 5) is 25.6. The van der Waals surface area contributed by atoms with Crippen LogP contribution >= 0.6 is 0 Å². The number of rotatable bonds is 3. The normalized spacial score (nSPS) is 23.4. The zero-order valence-corrected chi connectivity index (χ0v) is 10.6. The van der Waals surface area contributed by atoms with Gasteiger partial charge in [-0.15, -0.1) is 0 Å². The molecule has 1 aromatic heterocycles. The molecule has 2 N–H and O–H groups in total. The summed E-state index contributed by atoms with van der Waals surface area (Å²) in [7, 11) is 1.64. The van der Waals surface area contributed by atoms with E-state index in [9.17, 15) is 14.7 Å². The number of hydrogen-bond acceptors (Lipinski definition) is 4. The maximum atomic E-state index is 11.8. The summed E-state index contributed by atoms with van der Waals surface area (Å²) in [5, 5.41) is 10.1.